The van der Waals surface area contributed by atoms with E-state index in [1.807, 2.05) is 30.3 Å². The average molecular weight is 242 g/mol. The van der Waals surface area contributed by atoms with Gasteiger partial charge in [0, 0.05) is 12.7 Å². The summed E-state index contributed by atoms with van der Waals surface area (Å²) < 4.78 is 0. The van der Waals surface area contributed by atoms with Crippen molar-refractivity contribution in [2.24, 2.45) is 0 Å². The van der Waals surface area contributed by atoms with E-state index >= 15 is 0 Å². The summed E-state index contributed by atoms with van der Waals surface area (Å²) in [5.41, 5.74) is 2.25. The van der Waals surface area contributed by atoms with Crippen LogP contribution in [0.5, 0.6) is 0 Å². The van der Waals surface area contributed by atoms with Gasteiger partial charge in [0.1, 0.15) is 6.29 Å². The van der Waals surface area contributed by atoms with Crippen molar-refractivity contribution in [3.63, 3.8) is 0 Å². The lowest BCUT2D eigenvalue weighted by atomic mass is 9.56. The van der Waals surface area contributed by atoms with Crippen molar-refractivity contribution >= 4 is 24.1 Å². The van der Waals surface area contributed by atoms with Crippen LogP contribution in [-0.2, 0) is 0 Å². The summed E-state index contributed by atoms with van der Waals surface area (Å²) in [4.78, 5) is 10.5. The summed E-state index contributed by atoms with van der Waals surface area (Å²) in [6.07, 6.45) is 0.790. The summed E-state index contributed by atoms with van der Waals surface area (Å²) in [6.45, 7) is -0.637. The number of carbonyl (C=O) groups is 1. The number of hydrogen-bond acceptors (Lipinski definition) is 3. The van der Waals surface area contributed by atoms with Gasteiger partial charge in [0.25, 0.3) is 0 Å². The third kappa shape index (κ3) is 3.55. The Morgan fingerprint density at radius 3 is 1.89 bits per heavy atom. The Labute approximate surface area is 107 Å². The van der Waals surface area contributed by atoms with Crippen molar-refractivity contribution < 1.29 is 14.9 Å². The molecule has 2 rings (SSSR count). The van der Waals surface area contributed by atoms with Gasteiger partial charge >= 0.3 is 6.92 Å². The van der Waals surface area contributed by atoms with E-state index in [0.29, 0.717) is 5.56 Å². The van der Waals surface area contributed by atoms with Crippen molar-refractivity contribution in [2.45, 2.75) is 0 Å². The summed E-state index contributed by atoms with van der Waals surface area (Å²) in [5.74, 6) is 0. The van der Waals surface area contributed by atoms with Gasteiger partial charge < -0.3 is 10.1 Å². The molecular weight excluding hydrogens is 227 g/mol. The van der Waals surface area contributed by atoms with Gasteiger partial charge in [-0.05, 0) is 10.9 Å². The Kier molecular flexibility index (Phi) is 5.84. The Morgan fingerprint density at radius 2 is 1.39 bits per heavy atom. The van der Waals surface area contributed by atoms with E-state index in [0.717, 1.165) is 24.3 Å². The summed E-state index contributed by atoms with van der Waals surface area (Å²) >= 11 is 0. The molecule has 2 N–H and O–H groups in total. The van der Waals surface area contributed by atoms with Gasteiger partial charge in [-0.1, -0.05) is 54.6 Å². The van der Waals surface area contributed by atoms with E-state index < -0.39 is 6.92 Å². The molecule has 0 aliphatic heterocycles. The Bertz CT molecular complexity index is 468. The first-order valence-corrected chi connectivity index (χ1v) is 5.54. The zero-order chi connectivity index (χ0) is 13.4. The van der Waals surface area contributed by atoms with E-state index in [4.69, 9.17) is 5.11 Å². The van der Waals surface area contributed by atoms with Crippen molar-refractivity contribution in [3.05, 3.63) is 60.2 Å². The number of rotatable bonds is 3. The molecule has 3 nitrogen and oxygen atoms in total. The third-order valence-electron chi connectivity index (χ3n) is 2.50. The molecule has 0 radical (unpaired) electrons. The Hall–Kier alpha value is -1.91. The fraction of sp³-hybridized carbons (Fsp3) is 0.0714. The number of carbonyl (C=O) groups excluding carboxylic acids is 1. The second-order valence-electron chi connectivity index (χ2n) is 3.60. The van der Waals surface area contributed by atoms with Gasteiger partial charge in [-0.2, -0.15) is 0 Å². The topological polar surface area (TPSA) is 57.5 Å². The monoisotopic (exact) mass is 242 g/mol. The predicted molar refractivity (Wildman–Crippen MR) is 73.7 cm³/mol. The molecule has 2 aromatic carbocycles. The van der Waals surface area contributed by atoms with Gasteiger partial charge in [0.15, 0.2) is 0 Å². The van der Waals surface area contributed by atoms with Crippen LogP contribution in [0.1, 0.15) is 10.4 Å². The highest BCUT2D eigenvalue weighted by molar-refractivity contribution is 6.78. The first kappa shape index (κ1) is 14.2. The second-order valence-corrected chi connectivity index (χ2v) is 3.60. The molecular formula is C14H15BO3. The third-order valence-corrected chi connectivity index (χ3v) is 2.50. The first-order chi connectivity index (χ1) is 8.81. The zero-order valence-corrected chi connectivity index (χ0v) is 10.2. The lowest BCUT2D eigenvalue weighted by Gasteiger charge is -2.06. The fourth-order valence-electron chi connectivity index (χ4n) is 1.58. The highest BCUT2D eigenvalue weighted by Crippen LogP contribution is 1.94. The molecule has 0 atom stereocenters. The maximum absolute atomic E-state index is 10.5. The molecule has 0 heterocycles. The van der Waals surface area contributed by atoms with Crippen molar-refractivity contribution in [1.82, 2.24) is 0 Å². The van der Waals surface area contributed by atoms with Crippen LogP contribution < -0.4 is 10.9 Å². The van der Waals surface area contributed by atoms with Crippen LogP contribution in [0.25, 0.3) is 0 Å². The minimum Gasteiger partial charge on any atom is -0.443 e. The van der Waals surface area contributed by atoms with Crippen LogP contribution in [0.2, 0.25) is 0 Å². The predicted octanol–water partition coefficient (Wildman–Crippen LogP) is 0.206. The Morgan fingerprint density at radius 1 is 0.889 bits per heavy atom. The van der Waals surface area contributed by atoms with Gasteiger partial charge in [0.2, 0.25) is 0 Å². The number of aliphatic hydroxyl groups excluding tert-OH is 1. The van der Waals surface area contributed by atoms with Crippen LogP contribution in [0.4, 0.5) is 0 Å². The quantitative estimate of drug-likeness (QED) is 0.597. The molecule has 92 valence electrons. The van der Waals surface area contributed by atoms with Crippen LogP contribution in [0, 0.1) is 0 Å². The number of hydrogen-bond donors (Lipinski definition) is 2. The molecule has 18 heavy (non-hydrogen) atoms. The summed E-state index contributed by atoms with van der Waals surface area (Å²) in [5, 5.41) is 17.1. The second kappa shape index (κ2) is 7.43. The lowest BCUT2D eigenvalue weighted by Crippen LogP contribution is -2.42. The summed E-state index contributed by atoms with van der Waals surface area (Å²) in [7, 11) is 1.00. The molecule has 4 heteroatoms. The molecule has 0 spiro atoms. The smallest absolute Gasteiger partial charge is 0.358 e. The van der Waals surface area contributed by atoms with Crippen LogP contribution in [-0.4, -0.2) is 30.4 Å². The van der Waals surface area contributed by atoms with Gasteiger partial charge in [0.05, 0.1) is 0 Å². The van der Waals surface area contributed by atoms with E-state index in [2.05, 4.69) is 0 Å². The average Bonchev–Trinajstić information content (AvgIpc) is 2.49. The highest BCUT2D eigenvalue weighted by atomic mass is 16.2. The number of aldehydes is 1. The largest absolute Gasteiger partial charge is 0.443 e. The number of benzene rings is 2. The fourth-order valence-corrected chi connectivity index (χ4v) is 1.58. The molecule has 0 bridgehead atoms. The normalized spacial score (nSPS) is 9.06. The number of aliphatic hydroxyl groups is 1. The van der Waals surface area contributed by atoms with Gasteiger partial charge in [-0.3, -0.25) is 4.79 Å². The maximum Gasteiger partial charge on any atom is 0.358 e. The molecule has 0 amide bonds. The Balaban J connectivity index is 0.000000771. The maximum atomic E-state index is 10.5. The zero-order valence-electron chi connectivity index (χ0n) is 10.2. The van der Waals surface area contributed by atoms with Gasteiger partial charge in [-0.25, -0.2) is 0 Å². The summed E-state index contributed by atoms with van der Waals surface area (Å²) in [6, 6.07) is 16.4. The first-order valence-electron chi connectivity index (χ1n) is 5.54. The molecule has 0 aromatic heterocycles. The van der Waals surface area contributed by atoms with Gasteiger partial charge in [-0.15, -0.1) is 0 Å². The molecule has 0 aliphatic rings. The minimum atomic E-state index is -0.637. The standard InChI is InChI=1S/C13H11BO2.CH4O/c15-10-11-6-8-13(9-7-11)14(16)12-4-2-1-3-5-12;1-2/h1-10,16H;2H,1H3. The van der Waals surface area contributed by atoms with E-state index in [1.165, 1.54) is 0 Å². The molecule has 0 unspecified atom stereocenters. The van der Waals surface area contributed by atoms with Crippen molar-refractivity contribution in [1.29, 1.82) is 0 Å². The van der Waals surface area contributed by atoms with Crippen LogP contribution in [0.3, 0.4) is 0 Å². The molecule has 2 aromatic rings. The lowest BCUT2D eigenvalue weighted by molar-refractivity contribution is 0.112. The van der Waals surface area contributed by atoms with Crippen molar-refractivity contribution in [3.8, 4) is 0 Å². The van der Waals surface area contributed by atoms with Crippen LogP contribution in [0.15, 0.2) is 54.6 Å². The molecule has 0 aliphatic carbocycles. The molecule has 0 saturated heterocycles. The van der Waals surface area contributed by atoms with E-state index in [-0.39, 0.29) is 0 Å². The van der Waals surface area contributed by atoms with E-state index in [9.17, 15) is 9.82 Å². The minimum absolute atomic E-state index is 0.615. The molecule has 0 fully saturated rings. The van der Waals surface area contributed by atoms with Crippen LogP contribution >= 0.6 is 0 Å². The molecule has 0 saturated carbocycles. The highest BCUT2D eigenvalue weighted by Gasteiger charge is 2.15. The van der Waals surface area contributed by atoms with Crippen molar-refractivity contribution in [2.75, 3.05) is 7.11 Å². The van der Waals surface area contributed by atoms with E-state index in [1.54, 1.807) is 24.3 Å². The SMILES string of the molecule is CO.O=Cc1ccc(B(O)c2ccccc2)cc1.